The van der Waals surface area contributed by atoms with Crippen molar-refractivity contribution in [3.8, 4) is 6.07 Å². The summed E-state index contributed by atoms with van der Waals surface area (Å²) in [5.41, 5.74) is 1.82. The molecule has 4 nitrogen and oxygen atoms in total. The molecule has 0 aliphatic heterocycles. The Balaban J connectivity index is 2.06. The number of rotatable bonds is 6. The predicted molar refractivity (Wildman–Crippen MR) is 80.4 cm³/mol. The van der Waals surface area contributed by atoms with Gasteiger partial charge in [0.05, 0.1) is 5.56 Å². The Labute approximate surface area is 123 Å². The van der Waals surface area contributed by atoms with Crippen LogP contribution in [0.4, 0.5) is 0 Å². The van der Waals surface area contributed by atoms with E-state index in [-0.39, 0.29) is 0 Å². The van der Waals surface area contributed by atoms with Gasteiger partial charge < -0.3 is 10.3 Å². The highest BCUT2D eigenvalue weighted by atomic mass is 32.2. The van der Waals surface area contributed by atoms with Gasteiger partial charge in [0.15, 0.2) is 5.16 Å². The zero-order valence-corrected chi connectivity index (χ0v) is 12.5. The second kappa shape index (κ2) is 7.13. The Bertz CT molecular complexity index is 584. The first-order valence-electron chi connectivity index (χ1n) is 6.60. The van der Waals surface area contributed by atoms with Crippen LogP contribution < -0.4 is 5.32 Å². The molecule has 2 rings (SSSR count). The molecule has 0 saturated heterocycles. The third-order valence-electron chi connectivity index (χ3n) is 2.73. The van der Waals surface area contributed by atoms with Crippen molar-refractivity contribution >= 4 is 11.8 Å². The highest BCUT2D eigenvalue weighted by Gasteiger charge is 2.07. The molecule has 1 aromatic heterocycles. The van der Waals surface area contributed by atoms with Gasteiger partial charge in [-0.3, -0.25) is 0 Å². The van der Waals surface area contributed by atoms with E-state index in [0.29, 0.717) is 11.5 Å². The average molecular weight is 286 g/mol. The molecule has 0 fully saturated rings. The van der Waals surface area contributed by atoms with Crippen LogP contribution in [0.2, 0.25) is 0 Å². The van der Waals surface area contributed by atoms with E-state index >= 15 is 0 Å². The van der Waals surface area contributed by atoms with Crippen LogP contribution >= 0.6 is 11.8 Å². The molecule has 1 aromatic carbocycles. The van der Waals surface area contributed by atoms with Gasteiger partial charge in [0.2, 0.25) is 0 Å². The minimum Gasteiger partial charge on any atom is -0.339 e. The molecule has 0 radical (unpaired) electrons. The molecular weight excluding hydrogens is 268 g/mol. The minimum absolute atomic E-state index is 0.624. The summed E-state index contributed by atoms with van der Waals surface area (Å²) in [6, 6.07) is 8.24. The van der Waals surface area contributed by atoms with Crippen LogP contribution in [0.5, 0.6) is 0 Å². The second-order valence-electron chi connectivity index (χ2n) is 4.96. The summed E-state index contributed by atoms with van der Waals surface area (Å²) in [5, 5.41) is 13.5. The summed E-state index contributed by atoms with van der Waals surface area (Å²) in [5.74, 6) is 0.624. The topological polar surface area (TPSA) is 64.5 Å². The molecule has 0 aliphatic rings. The van der Waals surface area contributed by atoms with Crippen molar-refractivity contribution < 1.29 is 0 Å². The van der Waals surface area contributed by atoms with E-state index in [2.05, 4.69) is 41.3 Å². The van der Waals surface area contributed by atoms with E-state index in [9.17, 15) is 5.26 Å². The number of hydrogen-bond acceptors (Lipinski definition) is 4. The van der Waals surface area contributed by atoms with E-state index in [4.69, 9.17) is 0 Å². The number of hydrogen-bond donors (Lipinski definition) is 2. The van der Waals surface area contributed by atoms with Gasteiger partial charge in [-0.1, -0.05) is 31.7 Å². The van der Waals surface area contributed by atoms with Crippen LogP contribution in [0.1, 0.15) is 25.0 Å². The molecular formula is C15H18N4S. The van der Waals surface area contributed by atoms with E-state index in [1.54, 1.807) is 12.4 Å². The van der Waals surface area contributed by atoms with Gasteiger partial charge in [-0.25, -0.2) is 4.98 Å². The van der Waals surface area contributed by atoms with E-state index in [0.717, 1.165) is 28.7 Å². The van der Waals surface area contributed by atoms with Crippen molar-refractivity contribution in [3.63, 3.8) is 0 Å². The lowest BCUT2D eigenvalue weighted by Gasteiger charge is -2.09. The number of imidazole rings is 1. The molecule has 0 bridgehead atoms. The van der Waals surface area contributed by atoms with E-state index in [1.165, 1.54) is 11.8 Å². The molecule has 2 aromatic rings. The summed E-state index contributed by atoms with van der Waals surface area (Å²) in [6.07, 6.45) is 3.48. The maximum absolute atomic E-state index is 9.27. The first-order valence-corrected chi connectivity index (χ1v) is 7.41. The Hall–Kier alpha value is -1.77. The van der Waals surface area contributed by atoms with Gasteiger partial charge in [0, 0.05) is 23.8 Å². The molecule has 2 N–H and O–H groups in total. The molecule has 0 saturated carbocycles. The van der Waals surface area contributed by atoms with Gasteiger partial charge in [0.25, 0.3) is 0 Å². The third kappa shape index (κ3) is 4.12. The molecule has 104 valence electrons. The second-order valence-corrected chi connectivity index (χ2v) is 5.99. The van der Waals surface area contributed by atoms with E-state index < -0.39 is 0 Å². The number of nitrogens with one attached hydrogen (secondary N) is 2. The maximum atomic E-state index is 9.27. The number of benzene rings is 1. The lowest BCUT2D eigenvalue weighted by molar-refractivity contribution is 0.552. The monoisotopic (exact) mass is 286 g/mol. The zero-order valence-electron chi connectivity index (χ0n) is 11.7. The third-order valence-corrected chi connectivity index (χ3v) is 3.72. The summed E-state index contributed by atoms with van der Waals surface area (Å²) >= 11 is 1.47. The number of aromatic nitrogens is 2. The van der Waals surface area contributed by atoms with Crippen LogP contribution in [0, 0.1) is 17.2 Å². The molecule has 0 spiro atoms. The number of nitriles is 1. The molecule has 1 heterocycles. The van der Waals surface area contributed by atoms with Crippen LogP contribution in [0.15, 0.2) is 40.6 Å². The molecule has 20 heavy (non-hydrogen) atoms. The first kappa shape index (κ1) is 14.6. The van der Waals surface area contributed by atoms with Crippen molar-refractivity contribution in [3.05, 3.63) is 41.7 Å². The fourth-order valence-corrected chi connectivity index (χ4v) is 2.58. The largest absolute Gasteiger partial charge is 0.339 e. The molecule has 0 atom stereocenters. The van der Waals surface area contributed by atoms with Crippen LogP contribution in [0.25, 0.3) is 0 Å². The zero-order chi connectivity index (χ0) is 14.4. The number of aromatic amines is 1. The molecule has 5 heteroatoms. The summed E-state index contributed by atoms with van der Waals surface area (Å²) in [6.45, 7) is 6.12. The smallest absolute Gasteiger partial charge is 0.170 e. The maximum Gasteiger partial charge on any atom is 0.170 e. The average Bonchev–Trinajstić information content (AvgIpc) is 2.93. The Morgan fingerprint density at radius 3 is 2.95 bits per heavy atom. The SMILES string of the molecule is CC(C)CNCc1ccc(Sc2ncc[nH]2)c(C#N)c1. The lowest BCUT2D eigenvalue weighted by Crippen LogP contribution is -2.18. The van der Waals surface area contributed by atoms with Crippen molar-refractivity contribution in [1.29, 1.82) is 5.26 Å². The lowest BCUT2D eigenvalue weighted by atomic mass is 10.1. The highest BCUT2D eigenvalue weighted by molar-refractivity contribution is 7.99. The van der Waals surface area contributed by atoms with Crippen molar-refractivity contribution in [1.82, 2.24) is 15.3 Å². The standard InChI is InChI=1S/C15H18N4S/c1-11(2)9-17-10-12-3-4-14(13(7-12)8-16)20-15-18-5-6-19-15/h3-7,11,17H,9-10H2,1-2H3,(H,18,19). The first-order chi connectivity index (χ1) is 9.69. The quantitative estimate of drug-likeness (QED) is 0.856. The fourth-order valence-electron chi connectivity index (χ4n) is 1.78. The predicted octanol–water partition coefficient (Wildman–Crippen LogP) is 3.18. The van der Waals surface area contributed by atoms with Crippen LogP contribution in [-0.2, 0) is 6.54 Å². The summed E-state index contributed by atoms with van der Waals surface area (Å²) < 4.78 is 0. The Kier molecular flexibility index (Phi) is 5.22. The van der Waals surface area contributed by atoms with Crippen molar-refractivity contribution in [2.24, 2.45) is 5.92 Å². The Morgan fingerprint density at radius 1 is 1.45 bits per heavy atom. The number of nitrogens with zero attached hydrogens (tertiary/aromatic N) is 2. The van der Waals surface area contributed by atoms with Crippen molar-refractivity contribution in [2.45, 2.75) is 30.4 Å². The van der Waals surface area contributed by atoms with E-state index in [1.807, 2.05) is 12.1 Å². The summed E-state index contributed by atoms with van der Waals surface area (Å²) in [7, 11) is 0. The molecule has 0 aliphatic carbocycles. The van der Waals surface area contributed by atoms with Gasteiger partial charge in [-0.05, 0) is 30.2 Å². The van der Waals surface area contributed by atoms with Gasteiger partial charge in [0.1, 0.15) is 6.07 Å². The summed E-state index contributed by atoms with van der Waals surface area (Å²) in [4.78, 5) is 8.12. The fraction of sp³-hybridized carbons (Fsp3) is 0.333. The normalized spacial score (nSPS) is 10.7. The molecule has 0 amide bonds. The van der Waals surface area contributed by atoms with Crippen molar-refractivity contribution in [2.75, 3.05) is 6.54 Å². The van der Waals surface area contributed by atoms with Crippen LogP contribution in [-0.4, -0.2) is 16.5 Å². The van der Waals surface area contributed by atoms with Crippen LogP contribution in [0.3, 0.4) is 0 Å². The van der Waals surface area contributed by atoms with Gasteiger partial charge >= 0.3 is 0 Å². The van der Waals surface area contributed by atoms with Gasteiger partial charge in [-0.15, -0.1) is 0 Å². The minimum atomic E-state index is 0.624. The molecule has 0 unspecified atom stereocenters. The Morgan fingerprint density at radius 2 is 2.30 bits per heavy atom. The number of H-pyrrole nitrogens is 1. The van der Waals surface area contributed by atoms with Gasteiger partial charge in [-0.2, -0.15) is 5.26 Å². The highest BCUT2D eigenvalue weighted by Crippen LogP contribution is 2.28.